The normalized spacial score (nSPS) is 9.17. The maximum Gasteiger partial charge on any atom is 0.181 e. The monoisotopic (exact) mass is 181 g/mol. The number of aromatic nitrogens is 2. The topological polar surface area (TPSA) is 51.8 Å². The molecule has 2 heterocycles. The fourth-order valence-electron chi connectivity index (χ4n) is 0.798. The third-order valence-electron chi connectivity index (χ3n) is 1.21. The van der Waals surface area contributed by atoms with E-state index in [1.54, 1.807) is 12.4 Å². The van der Waals surface area contributed by atoms with Crippen molar-refractivity contribution in [1.82, 2.24) is 9.97 Å². The van der Waals surface area contributed by atoms with Gasteiger partial charge in [-0.1, -0.05) is 25.2 Å². The second-order valence-corrected chi connectivity index (χ2v) is 2.96. The van der Waals surface area contributed by atoms with E-state index in [1.165, 1.54) is 11.3 Å². The number of nitrogens with zero attached hydrogens (tertiary/aromatic N) is 2. The summed E-state index contributed by atoms with van der Waals surface area (Å²) in [6.07, 6.45) is 3.45. The third-order valence-corrected chi connectivity index (χ3v) is 2.07. The average Bonchev–Trinajstić information content (AvgIpc) is 2.48. The van der Waals surface area contributed by atoms with Gasteiger partial charge in [0.15, 0.2) is 5.13 Å². The first-order valence-electron chi connectivity index (χ1n) is 3.82. The van der Waals surface area contributed by atoms with Crippen LogP contribution in [0.2, 0.25) is 0 Å². The van der Waals surface area contributed by atoms with Crippen LogP contribution in [0.15, 0.2) is 18.5 Å². The summed E-state index contributed by atoms with van der Waals surface area (Å²) in [6.45, 7) is 4.00. The molecule has 64 valence electrons. The smallest absolute Gasteiger partial charge is 0.181 e. The van der Waals surface area contributed by atoms with Crippen molar-refractivity contribution in [2.75, 3.05) is 5.73 Å². The van der Waals surface area contributed by atoms with E-state index in [0.717, 1.165) is 10.2 Å². The highest BCUT2D eigenvalue weighted by molar-refractivity contribution is 7.22. The minimum absolute atomic E-state index is 0.600. The van der Waals surface area contributed by atoms with Crippen LogP contribution < -0.4 is 5.73 Å². The summed E-state index contributed by atoms with van der Waals surface area (Å²) in [4.78, 5) is 7.96. The molecule has 2 rings (SSSR count). The van der Waals surface area contributed by atoms with E-state index in [9.17, 15) is 0 Å². The maximum absolute atomic E-state index is 5.47. The largest absolute Gasteiger partial charge is 0.375 e. The highest BCUT2D eigenvalue weighted by Crippen LogP contribution is 2.21. The van der Waals surface area contributed by atoms with Gasteiger partial charge in [-0.3, -0.25) is 4.98 Å². The van der Waals surface area contributed by atoms with Crippen LogP contribution in [0.3, 0.4) is 0 Å². The Labute approximate surface area is 75.3 Å². The number of nitrogens with two attached hydrogens (primary N) is 1. The molecule has 3 nitrogen and oxygen atoms in total. The van der Waals surface area contributed by atoms with Gasteiger partial charge in [-0.05, 0) is 6.07 Å². The molecule has 0 aliphatic heterocycles. The Balaban J connectivity index is 0.000000336. The van der Waals surface area contributed by atoms with Crippen LogP contribution in [0, 0.1) is 0 Å². The number of thiazole rings is 1. The van der Waals surface area contributed by atoms with Gasteiger partial charge in [0.05, 0.1) is 10.9 Å². The highest BCUT2D eigenvalue weighted by atomic mass is 32.1. The first-order valence-corrected chi connectivity index (χ1v) is 4.64. The molecule has 0 aliphatic carbocycles. The zero-order valence-electron chi connectivity index (χ0n) is 7.11. The maximum atomic E-state index is 5.47. The molecular formula is C8H11N3S. The summed E-state index contributed by atoms with van der Waals surface area (Å²) < 4.78 is 1.09. The van der Waals surface area contributed by atoms with Crippen molar-refractivity contribution in [2.24, 2.45) is 0 Å². The number of anilines is 1. The second kappa shape index (κ2) is 4.01. The van der Waals surface area contributed by atoms with Gasteiger partial charge in [0.25, 0.3) is 0 Å². The zero-order chi connectivity index (χ0) is 8.97. The van der Waals surface area contributed by atoms with Crippen LogP contribution >= 0.6 is 11.3 Å². The van der Waals surface area contributed by atoms with E-state index >= 15 is 0 Å². The van der Waals surface area contributed by atoms with Gasteiger partial charge in [-0.2, -0.15) is 0 Å². The first kappa shape index (κ1) is 8.93. The number of hydrogen-bond acceptors (Lipinski definition) is 4. The molecule has 0 unspecified atom stereocenters. The molecule has 2 aromatic rings. The molecule has 0 amide bonds. The van der Waals surface area contributed by atoms with Gasteiger partial charge in [-0.15, -0.1) is 0 Å². The van der Waals surface area contributed by atoms with Crippen molar-refractivity contribution < 1.29 is 0 Å². The van der Waals surface area contributed by atoms with Crippen LogP contribution in [0.4, 0.5) is 5.13 Å². The minimum Gasteiger partial charge on any atom is -0.375 e. The van der Waals surface area contributed by atoms with E-state index < -0.39 is 0 Å². The molecule has 2 aromatic heterocycles. The Hall–Kier alpha value is -1.16. The molecule has 0 spiro atoms. The van der Waals surface area contributed by atoms with Crippen LogP contribution in [0.1, 0.15) is 13.8 Å². The zero-order valence-corrected chi connectivity index (χ0v) is 7.93. The summed E-state index contributed by atoms with van der Waals surface area (Å²) in [5.41, 5.74) is 6.35. The lowest BCUT2D eigenvalue weighted by atomic mass is 10.5. The van der Waals surface area contributed by atoms with Gasteiger partial charge in [0, 0.05) is 6.20 Å². The summed E-state index contributed by atoms with van der Waals surface area (Å²) in [7, 11) is 0. The minimum atomic E-state index is 0.600. The lowest BCUT2D eigenvalue weighted by Crippen LogP contribution is -1.79. The molecule has 0 bridgehead atoms. The van der Waals surface area contributed by atoms with Crippen LogP contribution in [-0.4, -0.2) is 9.97 Å². The SMILES string of the molecule is CC.Nc1nc2cnccc2s1. The lowest BCUT2D eigenvalue weighted by Gasteiger charge is -1.79. The van der Waals surface area contributed by atoms with E-state index in [0.29, 0.717) is 5.13 Å². The summed E-state index contributed by atoms with van der Waals surface area (Å²) in [6, 6.07) is 1.91. The molecule has 0 aliphatic rings. The number of pyridine rings is 1. The molecule has 0 aromatic carbocycles. The molecule has 4 heteroatoms. The van der Waals surface area contributed by atoms with Crippen molar-refractivity contribution >= 4 is 26.7 Å². The average molecular weight is 181 g/mol. The first-order chi connectivity index (χ1) is 5.86. The van der Waals surface area contributed by atoms with E-state index in [-0.39, 0.29) is 0 Å². The Morgan fingerprint density at radius 1 is 1.42 bits per heavy atom. The standard InChI is InChI=1S/C6H5N3S.C2H6/c7-6-9-4-3-8-2-1-5(4)10-6;1-2/h1-3H,(H2,7,9);1-2H3. The van der Waals surface area contributed by atoms with Gasteiger partial charge in [0.2, 0.25) is 0 Å². The Bertz CT molecular complexity index is 323. The number of fused-ring (bicyclic) bond motifs is 1. The summed E-state index contributed by atoms with van der Waals surface area (Å²) in [5.74, 6) is 0. The summed E-state index contributed by atoms with van der Waals surface area (Å²) in [5, 5.41) is 0.600. The van der Waals surface area contributed by atoms with Gasteiger partial charge in [0.1, 0.15) is 5.52 Å². The van der Waals surface area contributed by atoms with Crippen molar-refractivity contribution in [3.05, 3.63) is 18.5 Å². The Morgan fingerprint density at radius 2 is 2.17 bits per heavy atom. The van der Waals surface area contributed by atoms with Crippen LogP contribution in [0.25, 0.3) is 10.2 Å². The molecule has 0 atom stereocenters. The fourth-order valence-corrected chi connectivity index (χ4v) is 1.50. The van der Waals surface area contributed by atoms with Gasteiger partial charge < -0.3 is 5.73 Å². The predicted octanol–water partition coefficient (Wildman–Crippen LogP) is 2.30. The van der Waals surface area contributed by atoms with Crippen molar-refractivity contribution in [3.8, 4) is 0 Å². The van der Waals surface area contributed by atoms with Crippen molar-refractivity contribution in [1.29, 1.82) is 0 Å². The van der Waals surface area contributed by atoms with Gasteiger partial charge in [-0.25, -0.2) is 4.98 Å². The molecule has 0 saturated heterocycles. The highest BCUT2D eigenvalue weighted by Gasteiger charge is 1.97. The fraction of sp³-hybridized carbons (Fsp3) is 0.250. The Kier molecular flexibility index (Phi) is 2.99. The molecule has 0 radical (unpaired) electrons. The quantitative estimate of drug-likeness (QED) is 0.678. The van der Waals surface area contributed by atoms with Gasteiger partial charge >= 0.3 is 0 Å². The van der Waals surface area contributed by atoms with Crippen molar-refractivity contribution in [2.45, 2.75) is 13.8 Å². The molecular weight excluding hydrogens is 170 g/mol. The molecule has 12 heavy (non-hydrogen) atoms. The number of nitrogen functional groups attached to an aromatic ring is 1. The molecule has 2 N–H and O–H groups in total. The van der Waals surface area contributed by atoms with E-state index in [2.05, 4.69) is 9.97 Å². The number of rotatable bonds is 0. The number of hydrogen-bond donors (Lipinski definition) is 1. The molecule has 0 fully saturated rings. The molecule has 0 saturated carbocycles. The second-order valence-electron chi connectivity index (χ2n) is 1.90. The van der Waals surface area contributed by atoms with E-state index in [1.807, 2.05) is 19.9 Å². The van der Waals surface area contributed by atoms with E-state index in [4.69, 9.17) is 5.73 Å². The van der Waals surface area contributed by atoms with Crippen LogP contribution in [0.5, 0.6) is 0 Å². The summed E-state index contributed by atoms with van der Waals surface area (Å²) >= 11 is 1.48. The Morgan fingerprint density at radius 3 is 2.83 bits per heavy atom. The lowest BCUT2D eigenvalue weighted by molar-refractivity contribution is 1.34. The predicted molar refractivity (Wildman–Crippen MR) is 53.2 cm³/mol. The van der Waals surface area contributed by atoms with Crippen molar-refractivity contribution in [3.63, 3.8) is 0 Å². The van der Waals surface area contributed by atoms with Crippen LogP contribution in [-0.2, 0) is 0 Å². The third kappa shape index (κ3) is 1.71.